The van der Waals surface area contributed by atoms with E-state index in [-0.39, 0.29) is 37.0 Å². The second kappa shape index (κ2) is 21.3. The van der Waals surface area contributed by atoms with E-state index in [0.717, 1.165) is 18.9 Å². The quantitative estimate of drug-likeness (QED) is 0.231. The van der Waals surface area contributed by atoms with Crippen LogP contribution in [0, 0.1) is 0 Å². The molecule has 19 heteroatoms. The molecule has 0 aromatic heterocycles. The number of ether oxygens (including phenoxy) is 3. The maximum absolute atomic E-state index is 11.6. The van der Waals surface area contributed by atoms with Crippen molar-refractivity contribution in [3.8, 4) is 0 Å². The number of carboxylic acids is 1. The molecule has 15 nitrogen and oxygen atoms in total. The minimum absolute atomic E-state index is 0.0166. The van der Waals surface area contributed by atoms with E-state index in [2.05, 4.69) is 68.5 Å². The van der Waals surface area contributed by atoms with Gasteiger partial charge in [-0.2, -0.15) is 4.90 Å². The van der Waals surface area contributed by atoms with E-state index in [0.29, 0.717) is 11.8 Å². The summed E-state index contributed by atoms with van der Waals surface area (Å²) >= 11 is 11.7. The number of nitrogens with zero attached hydrogens (tertiary/aromatic N) is 2. The van der Waals surface area contributed by atoms with Crippen molar-refractivity contribution in [1.82, 2.24) is 9.80 Å². The third-order valence-electron chi connectivity index (χ3n) is 3.68. The van der Waals surface area contributed by atoms with E-state index in [1.54, 1.807) is 48.5 Å². The van der Waals surface area contributed by atoms with Crippen LogP contribution in [0.3, 0.4) is 0 Å². The van der Waals surface area contributed by atoms with Crippen LogP contribution >= 0.6 is 63.7 Å². The Kier molecular flexibility index (Phi) is 21.2. The van der Waals surface area contributed by atoms with Crippen molar-refractivity contribution in [3.63, 3.8) is 0 Å². The minimum Gasteiger partial charge on any atom is -0.481 e. The third-order valence-corrected chi connectivity index (χ3v) is 7.69. The Morgan fingerprint density at radius 3 is 1.31 bits per heavy atom. The molecule has 0 spiro atoms. The fourth-order valence-electron chi connectivity index (χ4n) is 2.28. The normalized spacial score (nSPS) is 14.5. The molecule has 5 amide bonds. The van der Waals surface area contributed by atoms with E-state index < -0.39 is 52.9 Å². The smallest absolute Gasteiger partial charge is 0.423 e. The van der Waals surface area contributed by atoms with Crippen LogP contribution in [-0.2, 0) is 47.8 Å². The van der Waals surface area contributed by atoms with Gasteiger partial charge in [0, 0.05) is 8.29 Å². The van der Waals surface area contributed by atoms with Crippen molar-refractivity contribution >= 4 is 111 Å². The second-order valence-corrected chi connectivity index (χ2v) is 12.9. The maximum Gasteiger partial charge on any atom is 0.423 e. The number of carbonyl (C=O) groups excluding carboxylic acids is 7. The maximum atomic E-state index is 11.6. The van der Waals surface area contributed by atoms with Gasteiger partial charge in [0.25, 0.3) is 29.6 Å². The zero-order chi connectivity index (χ0) is 37.3. The van der Waals surface area contributed by atoms with Gasteiger partial charge < -0.3 is 25.1 Å². The van der Waals surface area contributed by atoms with Crippen molar-refractivity contribution in [2.75, 3.05) is 20.2 Å². The molecule has 2 aliphatic heterocycles. The number of esters is 2. The average Bonchev–Trinajstić information content (AvgIpc) is 3.21. The summed E-state index contributed by atoms with van der Waals surface area (Å²) in [5.74, 6) is -4.38. The lowest BCUT2D eigenvalue weighted by atomic mass is 10.2. The molecule has 3 N–H and O–H groups in total. The zero-order valence-corrected chi connectivity index (χ0v) is 32.4. The average molecular weight is 904 g/mol. The minimum atomic E-state index is -0.999. The number of rotatable bonds is 3. The van der Waals surface area contributed by atoms with E-state index in [4.69, 9.17) is 26.5 Å². The Morgan fingerprint density at radius 2 is 1.07 bits per heavy atom. The first-order chi connectivity index (χ1) is 20.7. The monoisotopic (exact) mass is 900 g/mol. The molecule has 0 saturated heterocycles. The molecular weight excluding hydrogens is 866 g/mol. The highest BCUT2D eigenvalue weighted by atomic mass is 79.9. The van der Waals surface area contributed by atoms with Crippen LogP contribution in [0.25, 0.3) is 0 Å². The van der Waals surface area contributed by atoms with Gasteiger partial charge in [0.1, 0.15) is 35.7 Å². The van der Waals surface area contributed by atoms with Gasteiger partial charge in [0.05, 0.1) is 13.7 Å². The molecule has 0 radical (unpaired) electrons. The Hall–Kier alpha value is -2.48. The fraction of sp³-hybridized carbons (Fsp3) is 0.538. The van der Waals surface area contributed by atoms with Crippen LogP contribution in [0.1, 0.15) is 63.7 Å². The van der Waals surface area contributed by atoms with E-state index in [9.17, 15) is 33.6 Å². The van der Waals surface area contributed by atoms with Gasteiger partial charge in [-0.1, -0.05) is 13.8 Å². The molecule has 2 aliphatic rings. The fourth-order valence-corrected chi connectivity index (χ4v) is 3.74. The van der Waals surface area contributed by atoms with Crippen LogP contribution in [0.4, 0.5) is 4.79 Å². The number of carboxylic acid groups (broad SMARTS) is 1. The summed E-state index contributed by atoms with van der Waals surface area (Å²) in [6.07, 6.45) is -0.999. The zero-order valence-electron chi connectivity index (χ0n) is 27.0. The number of imide groups is 4. The molecular formula is C26H37Br4N3O12. The van der Waals surface area contributed by atoms with Crippen molar-refractivity contribution in [3.05, 3.63) is 17.9 Å². The molecule has 2 rings (SSSR count). The molecule has 0 saturated carbocycles. The summed E-state index contributed by atoms with van der Waals surface area (Å²) in [5.41, 5.74) is 3.95. The van der Waals surface area contributed by atoms with Crippen molar-refractivity contribution in [1.29, 1.82) is 0 Å². The first kappa shape index (κ1) is 44.6. The van der Waals surface area contributed by atoms with Crippen molar-refractivity contribution in [2.45, 2.75) is 73.5 Å². The molecule has 2 heterocycles. The largest absolute Gasteiger partial charge is 0.481 e. The van der Waals surface area contributed by atoms with Crippen molar-refractivity contribution in [2.24, 2.45) is 5.73 Å². The lowest BCUT2D eigenvalue weighted by molar-refractivity contribution is -0.160. The van der Waals surface area contributed by atoms with Gasteiger partial charge in [0.15, 0.2) is 0 Å². The summed E-state index contributed by atoms with van der Waals surface area (Å²) < 4.78 is 20.6. The van der Waals surface area contributed by atoms with Gasteiger partial charge in [-0.15, -0.1) is 0 Å². The molecule has 0 aromatic rings. The Balaban J connectivity index is -0.000000565. The molecule has 0 fully saturated rings. The molecule has 45 heavy (non-hydrogen) atoms. The van der Waals surface area contributed by atoms with Crippen LogP contribution in [0.2, 0.25) is 0 Å². The number of aliphatic carboxylic acids is 1. The topological polar surface area (TPSA) is 217 Å². The Bertz CT molecular complexity index is 1190. The molecule has 0 aromatic carbocycles. The number of methoxy groups -OCH3 is 1. The number of halogens is 4. The highest BCUT2D eigenvalue weighted by Crippen LogP contribution is 2.30. The SMILES string of the molecule is CC(=O)O.CC(C)(C)OC(=O)CN.CC(C)(C)OC(=O)CN1C(=O)C(Br)=C(Br)C1=O.COC(=O)N1C(=O)C(Br)=C(Br)C1=O.[2H]CC. The predicted molar refractivity (Wildman–Crippen MR) is 176 cm³/mol. The number of amides is 5. The van der Waals surface area contributed by atoms with Crippen LogP contribution < -0.4 is 5.73 Å². The van der Waals surface area contributed by atoms with Gasteiger partial charge >= 0.3 is 18.0 Å². The molecule has 0 unspecified atom stereocenters. The van der Waals surface area contributed by atoms with Crippen molar-refractivity contribution < 1.29 is 59.0 Å². The molecule has 256 valence electrons. The van der Waals surface area contributed by atoms with E-state index in [1.165, 1.54) is 0 Å². The lowest BCUT2D eigenvalue weighted by Gasteiger charge is -2.21. The molecule has 0 bridgehead atoms. The van der Waals surface area contributed by atoms with E-state index >= 15 is 0 Å². The summed E-state index contributed by atoms with van der Waals surface area (Å²) in [6, 6.07) is 0. The van der Waals surface area contributed by atoms with Crippen LogP contribution in [-0.4, -0.2) is 93.9 Å². The summed E-state index contributed by atoms with van der Waals surface area (Å²) in [7, 11) is 1.09. The number of carbonyl (C=O) groups is 8. The summed E-state index contributed by atoms with van der Waals surface area (Å²) in [5, 5.41) is 7.42. The van der Waals surface area contributed by atoms with Gasteiger partial charge in [-0.3, -0.25) is 38.5 Å². The van der Waals surface area contributed by atoms with Crippen LogP contribution in [0.5, 0.6) is 0 Å². The van der Waals surface area contributed by atoms with Gasteiger partial charge in [-0.25, -0.2) is 4.79 Å². The standard InChI is InChI=1S/C10H11Br2NO4.C6H3Br2NO4.C6H13NO2.C2H4O2.C2H6/c1-10(2,3)17-5(14)4-13-8(15)6(11)7(12)9(13)16;1-13-6(12)9-4(10)2(7)3(8)5(9)11;1-6(2,3)9-5(8)4-7;1-2(3)4;1-2/h4H2,1-3H3;1H3;4,7H2,1-3H3;1H3,(H,3,4);1-2H3/i;;;;1D. The summed E-state index contributed by atoms with van der Waals surface area (Å²) in [6.45, 7) is 13.5. The third kappa shape index (κ3) is 18.3. The van der Waals surface area contributed by atoms with Gasteiger partial charge in [0.2, 0.25) is 0 Å². The highest BCUT2D eigenvalue weighted by molar-refractivity contribution is 9.15. The molecule has 0 atom stereocenters. The van der Waals surface area contributed by atoms with Crippen LogP contribution in [0.15, 0.2) is 17.9 Å². The molecule has 0 aliphatic carbocycles. The number of nitrogens with two attached hydrogens (primary N) is 1. The Labute approximate surface area is 296 Å². The number of hydrogen-bond donors (Lipinski definition) is 2. The lowest BCUT2D eigenvalue weighted by Crippen LogP contribution is -2.39. The highest BCUT2D eigenvalue weighted by Gasteiger charge is 2.41. The first-order valence-electron chi connectivity index (χ1n) is 13.0. The predicted octanol–water partition coefficient (Wildman–Crippen LogP) is 4.23. The van der Waals surface area contributed by atoms with E-state index in [1.807, 2.05) is 0 Å². The second-order valence-electron chi connectivity index (χ2n) is 9.76. The van der Waals surface area contributed by atoms with Gasteiger partial charge in [-0.05, 0) is 105 Å². The first-order valence-corrected chi connectivity index (χ1v) is 15.5. The number of hydrogen-bond acceptors (Lipinski definition) is 12. The summed E-state index contributed by atoms with van der Waals surface area (Å²) in [4.78, 5) is 88.7. The Morgan fingerprint density at radius 1 is 0.778 bits per heavy atom.